The number of hydrazone groups is 1. The molecule has 1 heterocycles. The zero-order valence-electron chi connectivity index (χ0n) is 12.9. The van der Waals surface area contributed by atoms with E-state index in [1.807, 2.05) is 0 Å². The van der Waals surface area contributed by atoms with Gasteiger partial charge in [-0.15, -0.1) is 5.10 Å². The number of hydrogen-bond acceptors (Lipinski definition) is 7. The highest BCUT2D eigenvalue weighted by molar-refractivity contribution is 5.98. The molecule has 2 aromatic rings. The van der Waals surface area contributed by atoms with Gasteiger partial charge in [-0.25, -0.2) is 10.1 Å². The highest BCUT2D eigenvalue weighted by Crippen LogP contribution is 2.18. The van der Waals surface area contributed by atoms with Crippen LogP contribution in [0.4, 0.5) is 5.69 Å². The van der Waals surface area contributed by atoms with Crippen LogP contribution in [-0.2, 0) is 4.79 Å². The summed E-state index contributed by atoms with van der Waals surface area (Å²) in [4.78, 5) is 21.6. The Hall–Kier alpha value is -3.61. The molecular formula is C14H13N7O3. The normalized spacial score (nSPS) is 11.0. The molecule has 0 unspecified atom stereocenters. The molecular weight excluding hydrogens is 314 g/mol. The summed E-state index contributed by atoms with van der Waals surface area (Å²) >= 11 is 0. The minimum absolute atomic E-state index is 0.0573. The molecule has 0 aliphatic carbocycles. The first-order chi connectivity index (χ1) is 11.4. The zero-order valence-corrected chi connectivity index (χ0v) is 12.9. The van der Waals surface area contributed by atoms with Crippen LogP contribution in [0.15, 0.2) is 29.4 Å². The number of aromatic nitrogens is 3. The van der Waals surface area contributed by atoms with E-state index in [0.29, 0.717) is 22.8 Å². The second kappa shape index (κ2) is 7.10. The Bertz CT molecular complexity index is 863. The van der Waals surface area contributed by atoms with E-state index in [9.17, 15) is 14.9 Å². The van der Waals surface area contributed by atoms with Gasteiger partial charge in [0.1, 0.15) is 12.1 Å². The average molecular weight is 327 g/mol. The molecule has 0 atom stereocenters. The lowest BCUT2D eigenvalue weighted by molar-refractivity contribution is -0.384. The maximum atomic E-state index is 11.2. The largest absolute Gasteiger partial charge is 0.272 e. The molecule has 24 heavy (non-hydrogen) atoms. The van der Waals surface area contributed by atoms with Crippen LogP contribution in [0.2, 0.25) is 0 Å². The van der Waals surface area contributed by atoms with Gasteiger partial charge >= 0.3 is 0 Å². The number of benzene rings is 1. The monoisotopic (exact) mass is 327 g/mol. The molecule has 0 bridgehead atoms. The van der Waals surface area contributed by atoms with Crippen molar-refractivity contribution < 1.29 is 9.72 Å². The van der Waals surface area contributed by atoms with Gasteiger partial charge in [0.25, 0.3) is 11.6 Å². The number of nitro groups is 1. The van der Waals surface area contributed by atoms with Gasteiger partial charge in [-0.3, -0.25) is 14.9 Å². The van der Waals surface area contributed by atoms with Crippen LogP contribution in [0.3, 0.4) is 0 Å². The lowest BCUT2D eigenvalue weighted by Crippen LogP contribution is -2.18. The lowest BCUT2D eigenvalue weighted by atomic mass is 10.2. The molecule has 2 rings (SSSR count). The van der Waals surface area contributed by atoms with Gasteiger partial charge in [0.15, 0.2) is 0 Å². The van der Waals surface area contributed by atoms with Crippen molar-refractivity contribution in [2.75, 3.05) is 0 Å². The highest BCUT2D eigenvalue weighted by Gasteiger charge is 2.15. The van der Waals surface area contributed by atoms with Crippen molar-refractivity contribution >= 4 is 17.3 Å². The number of rotatable bonds is 5. The van der Waals surface area contributed by atoms with Crippen LogP contribution in [0, 0.1) is 28.4 Å². The van der Waals surface area contributed by atoms with Gasteiger partial charge in [0.2, 0.25) is 0 Å². The van der Waals surface area contributed by atoms with Gasteiger partial charge in [0.05, 0.1) is 28.1 Å². The molecule has 0 radical (unpaired) electrons. The Kier molecular flexibility index (Phi) is 4.96. The summed E-state index contributed by atoms with van der Waals surface area (Å²) in [6, 6.07) is 7.70. The Morgan fingerprint density at radius 3 is 2.96 bits per heavy atom. The van der Waals surface area contributed by atoms with E-state index in [1.54, 1.807) is 32.0 Å². The van der Waals surface area contributed by atoms with Crippen LogP contribution >= 0.6 is 0 Å². The number of nitrogens with one attached hydrogen (secondary N) is 1. The highest BCUT2D eigenvalue weighted by atomic mass is 16.6. The van der Waals surface area contributed by atoms with E-state index in [2.05, 4.69) is 20.8 Å². The van der Waals surface area contributed by atoms with E-state index < -0.39 is 10.8 Å². The van der Waals surface area contributed by atoms with Gasteiger partial charge in [-0.1, -0.05) is 11.3 Å². The van der Waals surface area contributed by atoms with E-state index in [0.717, 1.165) is 0 Å². The van der Waals surface area contributed by atoms with Gasteiger partial charge < -0.3 is 0 Å². The molecule has 10 nitrogen and oxygen atoms in total. The van der Waals surface area contributed by atoms with Gasteiger partial charge in [0, 0.05) is 12.1 Å². The molecule has 1 aromatic heterocycles. The van der Waals surface area contributed by atoms with Crippen molar-refractivity contribution in [1.82, 2.24) is 20.4 Å². The Morgan fingerprint density at radius 2 is 2.29 bits per heavy atom. The third kappa shape index (κ3) is 3.58. The molecule has 1 amide bonds. The van der Waals surface area contributed by atoms with Crippen molar-refractivity contribution in [2.24, 2.45) is 5.10 Å². The smallest absolute Gasteiger partial charge is 0.271 e. The van der Waals surface area contributed by atoms with Crippen molar-refractivity contribution in [3.63, 3.8) is 0 Å². The predicted molar refractivity (Wildman–Crippen MR) is 83.3 cm³/mol. The molecule has 1 N–H and O–H groups in total. The number of nitrogens with zero attached hydrogens (tertiary/aromatic N) is 6. The first-order valence-corrected chi connectivity index (χ1v) is 6.81. The van der Waals surface area contributed by atoms with Crippen molar-refractivity contribution in [2.45, 2.75) is 20.3 Å². The number of hydrogen-bond donors (Lipinski definition) is 1. The van der Waals surface area contributed by atoms with Gasteiger partial charge in [-0.2, -0.15) is 10.4 Å². The molecule has 122 valence electrons. The molecule has 1 aromatic carbocycles. The Morgan fingerprint density at radius 1 is 1.54 bits per heavy atom. The SMILES string of the molecule is C/C(=N/NC(=O)CC#N)c1nnn(-c2cccc([N+](=O)[O-])c2)c1C. The molecule has 10 heteroatoms. The first kappa shape index (κ1) is 16.8. The number of amides is 1. The third-order valence-electron chi connectivity index (χ3n) is 3.11. The predicted octanol–water partition coefficient (Wildman–Crippen LogP) is 1.24. The maximum absolute atomic E-state index is 11.2. The summed E-state index contributed by atoms with van der Waals surface area (Å²) in [6.07, 6.45) is -0.296. The fourth-order valence-corrected chi connectivity index (χ4v) is 1.96. The fourth-order valence-electron chi connectivity index (χ4n) is 1.96. The summed E-state index contributed by atoms with van der Waals surface area (Å²) in [7, 11) is 0. The minimum atomic E-state index is -0.527. The zero-order chi connectivity index (χ0) is 17.7. The number of carbonyl (C=O) groups is 1. The summed E-state index contributed by atoms with van der Waals surface area (Å²) in [5.41, 5.74) is 4.10. The summed E-state index contributed by atoms with van der Waals surface area (Å²) in [5, 5.41) is 31.1. The van der Waals surface area contributed by atoms with Crippen LogP contribution in [0.25, 0.3) is 5.69 Å². The lowest BCUT2D eigenvalue weighted by Gasteiger charge is -2.04. The fraction of sp³-hybridized carbons (Fsp3) is 0.214. The maximum Gasteiger partial charge on any atom is 0.271 e. The summed E-state index contributed by atoms with van der Waals surface area (Å²) in [5.74, 6) is -0.527. The molecule has 0 saturated heterocycles. The van der Waals surface area contributed by atoms with E-state index in [-0.39, 0.29) is 12.1 Å². The van der Waals surface area contributed by atoms with Crippen LogP contribution in [0.1, 0.15) is 24.7 Å². The molecule has 0 aliphatic heterocycles. The van der Waals surface area contributed by atoms with Crippen molar-refractivity contribution in [3.05, 3.63) is 45.8 Å². The Labute approximate surface area is 136 Å². The van der Waals surface area contributed by atoms with Crippen molar-refractivity contribution in [3.8, 4) is 11.8 Å². The van der Waals surface area contributed by atoms with E-state index >= 15 is 0 Å². The van der Waals surface area contributed by atoms with Gasteiger partial charge in [-0.05, 0) is 19.9 Å². The number of nitriles is 1. The summed E-state index contributed by atoms with van der Waals surface area (Å²) < 4.78 is 1.44. The first-order valence-electron chi connectivity index (χ1n) is 6.81. The second-order valence-electron chi connectivity index (χ2n) is 4.78. The van der Waals surface area contributed by atoms with Crippen LogP contribution < -0.4 is 5.43 Å². The molecule has 0 saturated carbocycles. The number of carbonyl (C=O) groups excluding carboxylic acids is 1. The van der Waals surface area contributed by atoms with E-state index in [1.165, 1.54) is 16.8 Å². The minimum Gasteiger partial charge on any atom is -0.272 e. The molecule has 0 spiro atoms. The third-order valence-corrected chi connectivity index (χ3v) is 3.11. The quantitative estimate of drug-likeness (QED) is 0.498. The van der Waals surface area contributed by atoms with Crippen molar-refractivity contribution in [1.29, 1.82) is 5.26 Å². The van der Waals surface area contributed by atoms with Crippen LogP contribution in [0.5, 0.6) is 0 Å². The molecule has 0 aliphatic rings. The second-order valence-corrected chi connectivity index (χ2v) is 4.78. The molecule has 0 fully saturated rings. The average Bonchev–Trinajstić information content (AvgIpc) is 2.94. The summed E-state index contributed by atoms with van der Waals surface area (Å²) in [6.45, 7) is 3.35. The van der Waals surface area contributed by atoms with E-state index in [4.69, 9.17) is 5.26 Å². The standard InChI is InChI=1S/C14H13N7O3/c1-9(16-17-13(22)6-7-15)14-10(2)20(19-18-14)11-4-3-5-12(8-11)21(23)24/h3-5,8H,6H2,1-2H3,(H,17,22)/b16-9-. The Balaban J connectivity index is 2.30. The number of non-ortho nitro benzene ring substituents is 1. The van der Waals surface area contributed by atoms with Crippen LogP contribution in [-0.4, -0.2) is 31.5 Å². The topological polar surface area (TPSA) is 139 Å². The number of nitro benzene ring substituents is 1.